The number of amides is 2. The van der Waals surface area contributed by atoms with Gasteiger partial charge in [-0.15, -0.1) is 0 Å². The number of para-hydroxylation sites is 1. The quantitative estimate of drug-likeness (QED) is 0.679. The first-order valence-electron chi connectivity index (χ1n) is 10.0. The standard InChI is InChI=1S/C23H19ClN2O5/c1-3-25-16-7-5-4-6-15(16)23(22(25)30)18-19(28)14-10-13(24)8-9-17(14)31-20(18)21(29)26(23)11-12(2)27/h4-10,12,27H,3,11H2,1-2H3. The van der Waals surface area contributed by atoms with E-state index < -0.39 is 28.9 Å². The number of hydrogen-bond donors (Lipinski definition) is 1. The van der Waals surface area contributed by atoms with Crippen LogP contribution in [0.25, 0.3) is 11.0 Å². The number of aliphatic hydroxyl groups is 1. The van der Waals surface area contributed by atoms with E-state index in [1.807, 2.05) is 6.92 Å². The lowest BCUT2D eigenvalue weighted by atomic mass is 9.84. The lowest BCUT2D eigenvalue weighted by Crippen LogP contribution is -2.55. The Hall–Kier alpha value is -3.16. The van der Waals surface area contributed by atoms with E-state index in [9.17, 15) is 19.5 Å². The van der Waals surface area contributed by atoms with E-state index >= 15 is 0 Å². The molecule has 0 bridgehead atoms. The fourth-order valence-electron chi connectivity index (χ4n) is 4.79. The highest BCUT2D eigenvalue weighted by Crippen LogP contribution is 2.52. The topological polar surface area (TPSA) is 91.1 Å². The van der Waals surface area contributed by atoms with Crippen molar-refractivity contribution in [2.45, 2.75) is 25.5 Å². The molecule has 2 aromatic carbocycles. The zero-order valence-electron chi connectivity index (χ0n) is 16.9. The predicted molar refractivity (Wildman–Crippen MR) is 115 cm³/mol. The van der Waals surface area contributed by atoms with Gasteiger partial charge >= 0.3 is 0 Å². The van der Waals surface area contributed by atoms with Gasteiger partial charge in [0.1, 0.15) is 5.58 Å². The second-order valence-corrected chi connectivity index (χ2v) is 8.25. The molecule has 2 unspecified atom stereocenters. The largest absolute Gasteiger partial charge is 0.450 e. The first kappa shape index (κ1) is 19.8. The number of benzene rings is 2. The number of likely N-dealkylation sites (N-methyl/N-ethyl adjacent to an activating group) is 1. The highest BCUT2D eigenvalue weighted by atomic mass is 35.5. The molecule has 7 nitrogen and oxygen atoms in total. The van der Waals surface area contributed by atoms with Gasteiger partial charge in [0.15, 0.2) is 11.0 Å². The zero-order chi connectivity index (χ0) is 22.1. The van der Waals surface area contributed by atoms with Gasteiger partial charge in [-0.2, -0.15) is 0 Å². The third-order valence-corrected chi connectivity index (χ3v) is 6.20. The minimum Gasteiger partial charge on any atom is -0.450 e. The summed E-state index contributed by atoms with van der Waals surface area (Å²) in [6.07, 6.45) is -0.926. The molecule has 2 aliphatic rings. The second-order valence-electron chi connectivity index (χ2n) is 7.82. The maximum Gasteiger partial charge on any atom is 0.291 e. The molecule has 0 fully saturated rings. The molecule has 1 N–H and O–H groups in total. The fraction of sp³-hybridized carbons (Fsp3) is 0.261. The van der Waals surface area contributed by atoms with Crippen molar-refractivity contribution in [3.05, 3.63) is 74.6 Å². The third kappa shape index (κ3) is 2.41. The van der Waals surface area contributed by atoms with Crippen molar-refractivity contribution in [1.29, 1.82) is 0 Å². The lowest BCUT2D eigenvalue weighted by molar-refractivity contribution is -0.126. The van der Waals surface area contributed by atoms with Crippen molar-refractivity contribution < 1.29 is 19.1 Å². The Kier molecular flexibility index (Phi) is 4.26. The number of hydrogen-bond acceptors (Lipinski definition) is 5. The lowest BCUT2D eigenvalue weighted by Gasteiger charge is -2.34. The van der Waals surface area contributed by atoms with Crippen molar-refractivity contribution in [2.75, 3.05) is 18.0 Å². The van der Waals surface area contributed by atoms with Gasteiger partial charge < -0.3 is 19.3 Å². The third-order valence-electron chi connectivity index (χ3n) is 5.96. The van der Waals surface area contributed by atoms with Crippen molar-refractivity contribution >= 4 is 40.1 Å². The number of carbonyl (C=O) groups is 2. The number of nitrogens with zero attached hydrogens (tertiary/aromatic N) is 2. The van der Waals surface area contributed by atoms with Gasteiger partial charge in [0, 0.05) is 23.7 Å². The number of fused-ring (bicyclic) bond motifs is 5. The van der Waals surface area contributed by atoms with E-state index in [-0.39, 0.29) is 28.8 Å². The Morgan fingerprint density at radius 3 is 2.61 bits per heavy atom. The molecule has 31 heavy (non-hydrogen) atoms. The number of β-amino-alcohol motifs (C(OH)–C–C–N with tert-alkyl or cyclic N) is 1. The van der Waals surface area contributed by atoms with Crippen LogP contribution in [0.4, 0.5) is 5.69 Å². The van der Waals surface area contributed by atoms with E-state index in [2.05, 4.69) is 0 Å². The molecule has 0 aliphatic carbocycles. The summed E-state index contributed by atoms with van der Waals surface area (Å²) in [4.78, 5) is 44.0. The summed E-state index contributed by atoms with van der Waals surface area (Å²) < 4.78 is 5.88. The fourth-order valence-corrected chi connectivity index (χ4v) is 4.96. The highest BCUT2D eigenvalue weighted by molar-refractivity contribution is 6.31. The van der Waals surface area contributed by atoms with E-state index in [1.54, 1.807) is 35.2 Å². The van der Waals surface area contributed by atoms with Crippen LogP contribution in [-0.4, -0.2) is 41.0 Å². The minimum atomic E-state index is -1.70. The maximum absolute atomic E-state index is 13.9. The molecule has 0 saturated heterocycles. The smallest absolute Gasteiger partial charge is 0.291 e. The van der Waals surface area contributed by atoms with Gasteiger partial charge in [-0.05, 0) is 38.1 Å². The summed E-state index contributed by atoms with van der Waals surface area (Å²) in [5.74, 6) is -1.20. The van der Waals surface area contributed by atoms with Gasteiger partial charge in [-0.25, -0.2) is 0 Å². The van der Waals surface area contributed by atoms with Crippen LogP contribution in [-0.2, 0) is 10.3 Å². The Morgan fingerprint density at radius 1 is 1.16 bits per heavy atom. The molecule has 2 aliphatic heterocycles. The summed E-state index contributed by atoms with van der Waals surface area (Å²) in [5, 5.41) is 10.7. The summed E-state index contributed by atoms with van der Waals surface area (Å²) in [7, 11) is 0. The van der Waals surface area contributed by atoms with Gasteiger partial charge in [-0.3, -0.25) is 14.4 Å². The van der Waals surface area contributed by atoms with Crippen molar-refractivity contribution in [3.8, 4) is 0 Å². The molecule has 1 aromatic heterocycles. The molecule has 5 rings (SSSR count). The Bertz CT molecular complexity index is 1330. The first-order chi connectivity index (χ1) is 14.8. The second kappa shape index (κ2) is 6.67. The summed E-state index contributed by atoms with van der Waals surface area (Å²) >= 11 is 6.11. The Labute approximate surface area is 182 Å². The minimum absolute atomic E-state index is 0.0266. The number of carbonyl (C=O) groups excluding carboxylic acids is 2. The molecule has 2 amide bonds. The maximum atomic E-state index is 13.9. The number of rotatable bonds is 3. The van der Waals surface area contributed by atoms with Gasteiger partial charge in [0.2, 0.25) is 5.76 Å². The van der Waals surface area contributed by atoms with E-state index in [1.165, 1.54) is 24.0 Å². The first-order valence-corrected chi connectivity index (χ1v) is 10.4. The summed E-state index contributed by atoms with van der Waals surface area (Å²) in [6, 6.07) is 11.6. The van der Waals surface area contributed by atoms with Crippen LogP contribution in [0.5, 0.6) is 0 Å². The highest BCUT2D eigenvalue weighted by Gasteiger charge is 2.64. The average molecular weight is 439 g/mol. The molecule has 0 radical (unpaired) electrons. The monoisotopic (exact) mass is 438 g/mol. The van der Waals surface area contributed by atoms with Gasteiger partial charge in [-0.1, -0.05) is 29.8 Å². The van der Waals surface area contributed by atoms with E-state index in [0.29, 0.717) is 22.8 Å². The van der Waals surface area contributed by atoms with Crippen LogP contribution in [0.1, 0.15) is 35.5 Å². The molecule has 1 spiro atoms. The molecule has 3 aromatic rings. The molecule has 2 atom stereocenters. The predicted octanol–water partition coefficient (Wildman–Crippen LogP) is 2.89. The molecular formula is C23H19ClN2O5. The summed E-state index contributed by atoms with van der Waals surface area (Å²) in [5.41, 5.74) is -0.864. The molecule has 158 valence electrons. The Balaban J connectivity index is 1.95. The zero-order valence-corrected chi connectivity index (χ0v) is 17.6. The average Bonchev–Trinajstić information content (AvgIpc) is 3.13. The molecular weight excluding hydrogens is 420 g/mol. The molecule has 0 saturated carbocycles. The van der Waals surface area contributed by atoms with Crippen molar-refractivity contribution in [3.63, 3.8) is 0 Å². The van der Waals surface area contributed by atoms with E-state index in [4.69, 9.17) is 16.0 Å². The van der Waals surface area contributed by atoms with E-state index in [0.717, 1.165) is 0 Å². The number of aliphatic hydroxyl groups excluding tert-OH is 1. The SMILES string of the molecule is CCN1C(=O)C2(c3ccccc31)c1c(oc3ccc(Cl)cc3c1=O)C(=O)N2CC(C)O. The van der Waals surface area contributed by atoms with Crippen molar-refractivity contribution in [2.24, 2.45) is 0 Å². The normalized spacial score (nSPS) is 20.6. The van der Waals surface area contributed by atoms with Crippen LogP contribution in [0.15, 0.2) is 51.7 Å². The van der Waals surface area contributed by atoms with Crippen LogP contribution in [0.2, 0.25) is 5.02 Å². The van der Waals surface area contributed by atoms with Gasteiger partial charge in [0.25, 0.3) is 11.8 Å². The van der Waals surface area contributed by atoms with Crippen LogP contribution in [0.3, 0.4) is 0 Å². The number of anilines is 1. The van der Waals surface area contributed by atoms with Crippen LogP contribution in [0, 0.1) is 0 Å². The Morgan fingerprint density at radius 2 is 1.90 bits per heavy atom. The number of halogens is 1. The van der Waals surface area contributed by atoms with Crippen LogP contribution >= 0.6 is 11.6 Å². The van der Waals surface area contributed by atoms with Gasteiger partial charge in [0.05, 0.1) is 22.7 Å². The molecule has 3 heterocycles. The summed E-state index contributed by atoms with van der Waals surface area (Å²) in [6.45, 7) is 3.57. The van der Waals surface area contributed by atoms with Crippen molar-refractivity contribution in [1.82, 2.24) is 4.90 Å². The molecule has 8 heteroatoms. The van der Waals surface area contributed by atoms with Crippen LogP contribution < -0.4 is 10.3 Å².